The number of hydrogen-bond donors (Lipinski definition) is 2. The molecule has 1 amide bonds. The zero-order valence-electron chi connectivity index (χ0n) is 11.4. The van der Waals surface area contributed by atoms with Crippen LogP contribution in [0.1, 0.15) is 36.5 Å². The summed E-state index contributed by atoms with van der Waals surface area (Å²) in [5.74, 6) is 0.745. The highest BCUT2D eigenvalue weighted by molar-refractivity contribution is 5.97. The van der Waals surface area contributed by atoms with E-state index < -0.39 is 5.91 Å². The highest BCUT2D eigenvalue weighted by Gasteiger charge is 2.32. The van der Waals surface area contributed by atoms with E-state index in [0.29, 0.717) is 29.9 Å². The van der Waals surface area contributed by atoms with Gasteiger partial charge in [0, 0.05) is 18.8 Å². The highest BCUT2D eigenvalue weighted by Crippen LogP contribution is 2.32. The minimum atomic E-state index is -0.427. The van der Waals surface area contributed by atoms with E-state index in [1.807, 2.05) is 0 Å². The van der Waals surface area contributed by atoms with Gasteiger partial charge in [-0.05, 0) is 44.4 Å². The second-order valence-corrected chi connectivity index (χ2v) is 5.02. The summed E-state index contributed by atoms with van der Waals surface area (Å²) in [5, 5.41) is 0. The van der Waals surface area contributed by atoms with Gasteiger partial charge in [0.2, 0.25) is 0 Å². The Morgan fingerprint density at radius 3 is 2.95 bits per heavy atom. The number of carbonyl (C=O) groups is 1. The molecule has 1 aromatic rings. The molecule has 1 heterocycles. The lowest BCUT2D eigenvalue weighted by atomic mass is 10.0. The molecular formula is C14H22N4O. The molecule has 5 nitrogen and oxygen atoms in total. The van der Waals surface area contributed by atoms with Crippen molar-refractivity contribution in [2.45, 2.75) is 32.2 Å². The average molecular weight is 262 g/mol. The van der Waals surface area contributed by atoms with Gasteiger partial charge in [-0.15, -0.1) is 0 Å². The predicted octanol–water partition coefficient (Wildman–Crippen LogP) is 1.13. The van der Waals surface area contributed by atoms with Crippen LogP contribution in [0.2, 0.25) is 0 Å². The van der Waals surface area contributed by atoms with Crippen LogP contribution in [0.3, 0.4) is 0 Å². The summed E-state index contributed by atoms with van der Waals surface area (Å²) in [5.41, 5.74) is 11.8. The third kappa shape index (κ3) is 2.71. The minimum absolute atomic E-state index is 0.364. The third-order valence-electron chi connectivity index (χ3n) is 3.99. The van der Waals surface area contributed by atoms with Crippen molar-refractivity contribution < 1.29 is 4.79 Å². The molecule has 2 atom stereocenters. The van der Waals surface area contributed by atoms with Gasteiger partial charge in [0.25, 0.3) is 5.91 Å². The van der Waals surface area contributed by atoms with E-state index >= 15 is 0 Å². The molecule has 0 saturated heterocycles. The van der Waals surface area contributed by atoms with E-state index in [4.69, 9.17) is 11.5 Å². The lowest BCUT2D eigenvalue weighted by molar-refractivity contribution is 0.100. The first-order valence-corrected chi connectivity index (χ1v) is 6.90. The molecule has 0 spiro atoms. The van der Waals surface area contributed by atoms with Crippen molar-refractivity contribution in [3.05, 3.63) is 23.9 Å². The Morgan fingerprint density at radius 1 is 1.53 bits per heavy atom. The first-order chi connectivity index (χ1) is 9.19. The molecule has 2 rings (SSSR count). The molecule has 19 heavy (non-hydrogen) atoms. The van der Waals surface area contributed by atoms with Crippen LogP contribution in [0.5, 0.6) is 0 Å². The molecule has 4 N–H and O–H groups in total. The van der Waals surface area contributed by atoms with Crippen molar-refractivity contribution in [2.24, 2.45) is 17.4 Å². The average Bonchev–Trinajstić information content (AvgIpc) is 2.88. The standard InChI is InChI=1S/C14H22N4O/c1-2-18(12-7-3-5-10(12)9-15)14-11(13(16)19)6-4-8-17-14/h4,6,8,10,12H,2-3,5,7,9,15H2,1H3,(H2,16,19). The molecule has 0 aliphatic heterocycles. The van der Waals surface area contributed by atoms with Gasteiger partial charge >= 0.3 is 0 Å². The Labute approximate surface area is 114 Å². The Bertz CT molecular complexity index is 449. The van der Waals surface area contributed by atoms with E-state index in [0.717, 1.165) is 19.4 Å². The number of rotatable bonds is 5. The van der Waals surface area contributed by atoms with Gasteiger partial charge in [-0.1, -0.05) is 6.42 Å². The second kappa shape index (κ2) is 6.02. The fourth-order valence-corrected chi connectivity index (χ4v) is 3.06. The normalized spacial score (nSPS) is 22.4. The number of aromatic nitrogens is 1. The highest BCUT2D eigenvalue weighted by atomic mass is 16.1. The molecule has 5 heteroatoms. The van der Waals surface area contributed by atoms with Crippen molar-refractivity contribution >= 4 is 11.7 Å². The number of hydrogen-bond acceptors (Lipinski definition) is 4. The van der Waals surface area contributed by atoms with E-state index in [2.05, 4.69) is 16.8 Å². The number of primary amides is 1. The van der Waals surface area contributed by atoms with Crippen LogP contribution in [-0.4, -0.2) is 30.0 Å². The van der Waals surface area contributed by atoms with Crippen LogP contribution in [-0.2, 0) is 0 Å². The molecule has 104 valence electrons. The first-order valence-electron chi connectivity index (χ1n) is 6.90. The van der Waals surface area contributed by atoms with Gasteiger partial charge in [-0.2, -0.15) is 0 Å². The number of amides is 1. The Hall–Kier alpha value is -1.62. The quantitative estimate of drug-likeness (QED) is 0.833. The summed E-state index contributed by atoms with van der Waals surface area (Å²) in [6.45, 7) is 3.56. The number of anilines is 1. The SMILES string of the molecule is CCN(c1ncccc1C(N)=O)C1CCCC1CN. The van der Waals surface area contributed by atoms with Gasteiger partial charge in [-0.3, -0.25) is 4.79 Å². The fraction of sp³-hybridized carbons (Fsp3) is 0.571. The summed E-state index contributed by atoms with van der Waals surface area (Å²) in [4.78, 5) is 18.1. The van der Waals surface area contributed by atoms with E-state index in [1.54, 1.807) is 18.3 Å². The molecule has 1 saturated carbocycles. The van der Waals surface area contributed by atoms with Gasteiger partial charge in [0.1, 0.15) is 5.82 Å². The molecular weight excluding hydrogens is 240 g/mol. The van der Waals surface area contributed by atoms with Gasteiger partial charge in [0.15, 0.2) is 0 Å². The number of pyridine rings is 1. The largest absolute Gasteiger partial charge is 0.365 e. The molecule has 1 aliphatic rings. The first kappa shape index (κ1) is 13.8. The van der Waals surface area contributed by atoms with Crippen LogP contribution in [0.25, 0.3) is 0 Å². The van der Waals surface area contributed by atoms with Crippen LogP contribution in [0.4, 0.5) is 5.82 Å². The zero-order valence-corrected chi connectivity index (χ0v) is 11.4. The van der Waals surface area contributed by atoms with E-state index in [9.17, 15) is 4.79 Å². The molecule has 2 unspecified atom stereocenters. The third-order valence-corrected chi connectivity index (χ3v) is 3.99. The van der Waals surface area contributed by atoms with Crippen LogP contribution in [0.15, 0.2) is 18.3 Å². The van der Waals surface area contributed by atoms with E-state index in [1.165, 1.54) is 6.42 Å². The monoisotopic (exact) mass is 262 g/mol. The maximum atomic E-state index is 11.5. The molecule has 1 aromatic heterocycles. The van der Waals surface area contributed by atoms with Crippen molar-refractivity contribution in [3.8, 4) is 0 Å². The van der Waals surface area contributed by atoms with Crippen LogP contribution in [0, 0.1) is 5.92 Å². The lowest BCUT2D eigenvalue weighted by Crippen LogP contribution is -2.41. The molecule has 0 bridgehead atoms. The van der Waals surface area contributed by atoms with Crippen LogP contribution < -0.4 is 16.4 Å². The Kier molecular flexibility index (Phi) is 4.37. The maximum Gasteiger partial charge on any atom is 0.252 e. The Balaban J connectivity index is 2.34. The predicted molar refractivity (Wildman–Crippen MR) is 76.0 cm³/mol. The smallest absolute Gasteiger partial charge is 0.252 e. The van der Waals surface area contributed by atoms with Crippen molar-refractivity contribution in [1.29, 1.82) is 0 Å². The molecule has 0 radical (unpaired) electrons. The molecule has 1 fully saturated rings. The molecule has 0 aromatic carbocycles. The summed E-state index contributed by atoms with van der Waals surface area (Å²) < 4.78 is 0. The van der Waals surface area contributed by atoms with Gasteiger partial charge in [-0.25, -0.2) is 4.98 Å². The second-order valence-electron chi connectivity index (χ2n) is 5.02. The summed E-state index contributed by atoms with van der Waals surface area (Å²) >= 11 is 0. The van der Waals surface area contributed by atoms with E-state index in [-0.39, 0.29) is 0 Å². The zero-order chi connectivity index (χ0) is 13.8. The van der Waals surface area contributed by atoms with Crippen LogP contribution >= 0.6 is 0 Å². The summed E-state index contributed by atoms with van der Waals surface area (Å²) in [6.07, 6.45) is 5.14. The summed E-state index contributed by atoms with van der Waals surface area (Å²) in [6, 6.07) is 3.84. The minimum Gasteiger partial charge on any atom is -0.365 e. The van der Waals surface area contributed by atoms with Crippen molar-refractivity contribution in [1.82, 2.24) is 4.98 Å². The fourth-order valence-electron chi connectivity index (χ4n) is 3.06. The summed E-state index contributed by atoms with van der Waals surface area (Å²) in [7, 11) is 0. The van der Waals surface area contributed by atoms with Gasteiger partial charge < -0.3 is 16.4 Å². The topological polar surface area (TPSA) is 85.2 Å². The van der Waals surface area contributed by atoms with Crippen molar-refractivity contribution in [3.63, 3.8) is 0 Å². The van der Waals surface area contributed by atoms with Crippen molar-refractivity contribution in [2.75, 3.05) is 18.0 Å². The molecule has 1 aliphatic carbocycles. The number of nitrogens with zero attached hydrogens (tertiary/aromatic N) is 2. The Morgan fingerprint density at radius 2 is 2.32 bits per heavy atom. The maximum absolute atomic E-state index is 11.5. The van der Waals surface area contributed by atoms with Gasteiger partial charge in [0.05, 0.1) is 5.56 Å². The lowest BCUT2D eigenvalue weighted by Gasteiger charge is -2.33. The number of carbonyl (C=O) groups excluding carboxylic acids is 1. The number of nitrogens with two attached hydrogens (primary N) is 2.